The molecule has 0 fully saturated rings. The molecule has 7 heavy (non-hydrogen) atoms. The third kappa shape index (κ3) is 5.37. The van der Waals surface area contributed by atoms with Crippen molar-refractivity contribution in [3.63, 3.8) is 0 Å². The maximum Gasteiger partial charge on any atom is 0.142 e. The second-order valence-corrected chi connectivity index (χ2v) is 1.26. The molecule has 1 atom stereocenters. The summed E-state index contributed by atoms with van der Waals surface area (Å²) in [5.74, 6) is 0. The predicted molar refractivity (Wildman–Crippen MR) is 26.9 cm³/mol. The van der Waals surface area contributed by atoms with Gasteiger partial charge in [0.1, 0.15) is 6.29 Å². The van der Waals surface area contributed by atoms with E-state index in [2.05, 4.69) is 0 Å². The highest BCUT2D eigenvalue weighted by Gasteiger charge is 1.80. The number of rotatable bonds is 2. The Morgan fingerprint density at radius 2 is 2.29 bits per heavy atom. The van der Waals surface area contributed by atoms with Gasteiger partial charge >= 0.3 is 0 Å². The summed E-state index contributed by atoms with van der Waals surface area (Å²) < 4.78 is 0. The summed E-state index contributed by atoms with van der Waals surface area (Å²) in [5, 5.41) is 8.44. The monoisotopic (exact) mass is 100 g/mol. The van der Waals surface area contributed by atoms with Crippen LogP contribution in [0.1, 0.15) is 6.92 Å². The first-order valence-corrected chi connectivity index (χ1v) is 2.07. The van der Waals surface area contributed by atoms with Crippen LogP contribution in [0.15, 0.2) is 12.2 Å². The number of hydrogen-bond acceptors (Lipinski definition) is 2. The van der Waals surface area contributed by atoms with Gasteiger partial charge in [-0.25, -0.2) is 0 Å². The third-order valence-electron chi connectivity index (χ3n) is 0.468. The zero-order valence-corrected chi connectivity index (χ0v) is 4.16. The van der Waals surface area contributed by atoms with Crippen LogP contribution in [0.2, 0.25) is 0 Å². The molecule has 0 saturated heterocycles. The van der Waals surface area contributed by atoms with Crippen molar-refractivity contribution in [2.45, 2.75) is 13.0 Å². The zero-order valence-electron chi connectivity index (χ0n) is 4.16. The molecule has 0 aromatic rings. The Balaban J connectivity index is 3.25. The molecular formula is C5H8O2. The normalized spacial score (nSPS) is 14.6. The van der Waals surface area contributed by atoms with E-state index in [4.69, 9.17) is 5.11 Å². The van der Waals surface area contributed by atoms with Crippen LogP contribution in [0.3, 0.4) is 0 Å². The zero-order chi connectivity index (χ0) is 5.70. The Kier molecular flexibility index (Phi) is 3.24. The van der Waals surface area contributed by atoms with E-state index in [1.165, 1.54) is 12.2 Å². The van der Waals surface area contributed by atoms with Crippen LogP contribution < -0.4 is 0 Å². The minimum Gasteiger partial charge on any atom is -0.389 e. The average molecular weight is 100 g/mol. The van der Waals surface area contributed by atoms with Crippen LogP contribution in [-0.4, -0.2) is 17.5 Å². The van der Waals surface area contributed by atoms with Crippen molar-refractivity contribution < 1.29 is 9.90 Å². The van der Waals surface area contributed by atoms with Gasteiger partial charge in [0.25, 0.3) is 0 Å². The molecular weight excluding hydrogens is 92.1 g/mol. The minimum atomic E-state index is -0.509. The standard InChI is InChI=1S/C5H8O2/c1-5(7)3-2-4-6/h2-5,7H,1H3/b3-2-/t5-/m1/s1. The lowest BCUT2D eigenvalue weighted by Gasteiger charge is -1.86. The summed E-state index contributed by atoms with van der Waals surface area (Å²) in [5.41, 5.74) is 0. The quantitative estimate of drug-likeness (QED) is 0.395. The summed E-state index contributed by atoms with van der Waals surface area (Å²) in [4.78, 5) is 9.51. The molecule has 0 aliphatic heterocycles. The molecule has 0 aromatic carbocycles. The van der Waals surface area contributed by atoms with Crippen molar-refractivity contribution in [2.24, 2.45) is 0 Å². The summed E-state index contributed by atoms with van der Waals surface area (Å²) in [6.45, 7) is 1.58. The number of aldehydes is 1. The van der Waals surface area contributed by atoms with Crippen molar-refractivity contribution >= 4 is 6.29 Å². The molecule has 0 heterocycles. The fourth-order valence-corrected chi connectivity index (χ4v) is 0.206. The lowest BCUT2D eigenvalue weighted by Crippen LogP contribution is -1.91. The van der Waals surface area contributed by atoms with Crippen LogP contribution in [0.25, 0.3) is 0 Å². The van der Waals surface area contributed by atoms with Gasteiger partial charge in [0.05, 0.1) is 6.10 Å². The molecule has 0 spiro atoms. The van der Waals surface area contributed by atoms with Crippen LogP contribution in [0, 0.1) is 0 Å². The van der Waals surface area contributed by atoms with E-state index >= 15 is 0 Å². The number of aliphatic hydroxyl groups is 1. The number of carbonyl (C=O) groups excluding carboxylic acids is 1. The van der Waals surface area contributed by atoms with Gasteiger partial charge in [-0.2, -0.15) is 0 Å². The topological polar surface area (TPSA) is 37.3 Å². The number of carbonyl (C=O) groups is 1. The Morgan fingerprint density at radius 1 is 1.71 bits per heavy atom. The highest BCUT2D eigenvalue weighted by Crippen LogP contribution is 1.77. The second-order valence-electron chi connectivity index (χ2n) is 1.26. The van der Waals surface area contributed by atoms with Crippen LogP contribution in [-0.2, 0) is 4.79 Å². The van der Waals surface area contributed by atoms with Crippen molar-refractivity contribution in [2.75, 3.05) is 0 Å². The molecule has 2 heteroatoms. The van der Waals surface area contributed by atoms with Gasteiger partial charge in [-0.15, -0.1) is 0 Å². The van der Waals surface area contributed by atoms with Crippen molar-refractivity contribution in [1.82, 2.24) is 0 Å². The molecule has 0 rings (SSSR count). The molecule has 0 radical (unpaired) electrons. The molecule has 0 aliphatic carbocycles. The molecule has 1 N–H and O–H groups in total. The molecule has 0 unspecified atom stereocenters. The van der Waals surface area contributed by atoms with Crippen LogP contribution in [0.5, 0.6) is 0 Å². The fourth-order valence-electron chi connectivity index (χ4n) is 0.206. The molecule has 40 valence electrons. The SMILES string of the molecule is C[C@@H](O)/C=C\C=O. The fraction of sp³-hybridized carbons (Fsp3) is 0.400. The summed E-state index contributed by atoms with van der Waals surface area (Å²) in [6.07, 6.45) is 2.80. The molecule has 0 amide bonds. The highest BCUT2D eigenvalue weighted by molar-refractivity contribution is 5.64. The van der Waals surface area contributed by atoms with E-state index in [0.717, 1.165) is 0 Å². The Morgan fingerprint density at radius 3 is 2.43 bits per heavy atom. The van der Waals surface area contributed by atoms with Gasteiger partial charge in [0.2, 0.25) is 0 Å². The van der Waals surface area contributed by atoms with Gasteiger partial charge < -0.3 is 5.11 Å². The molecule has 0 bridgehead atoms. The second kappa shape index (κ2) is 3.56. The van der Waals surface area contributed by atoms with Crippen molar-refractivity contribution in [3.8, 4) is 0 Å². The highest BCUT2D eigenvalue weighted by atomic mass is 16.3. The van der Waals surface area contributed by atoms with E-state index in [0.29, 0.717) is 6.29 Å². The Labute approximate surface area is 42.5 Å². The van der Waals surface area contributed by atoms with Gasteiger partial charge in [-0.3, -0.25) is 4.79 Å². The van der Waals surface area contributed by atoms with E-state index in [1.807, 2.05) is 0 Å². The molecule has 0 aromatic heterocycles. The van der Waals surface area contributed by atoms with E-state index in [9.17, 15) is 4.79 Å². The van der Waals surface area contributed by atoms with Crippen molar-refractivity contribution in [3.05, 3.63) is 12.2 Å². The number of allylic oxidation sites excluding steroid dienone is 1. The van der Waals surface area contributed by atoms with E-state index < -0.39 is 6.10 Å². The lowest BCUT2D eigenvalue weighted by molar-refractivity contribution is -0.104. The first-order chi connectivity index (χ1) is 3.27. The van der Waals surface area contributed by atoms with Crippen LogP contribution >= 0.6 is 0 Å². The first-order valence-electron chi connectivity index (χ1n) is 2.07. The van der Waals surface area contributed by atoms with Gasteiger partial charge in [-0.05, 0) is 13.0 Å². The predicted octanol–water partition coefficient (Wildman–Crippen LogP) is 0.122. The minimum absolute atomic E-state index is 0.509. The Hall–Kier alpha value is -0.630. The average Bonchev–Trinajstić information content (AvgIpc) is 1.61. The largest absolute Gasteiger partial charge is 0.389 e. The van der Waals surface area contributed by atoms with Gasteiger partial charge in [0.15, 0.2) is 0 Å². The van der Waals surface area contributed by atoms with Crippen molar-refractivity contribution in [1.29, 1.82) is 0 Å². The lowest BCUT2D eigenvalue weighted by atomic mass is 10.4. The summed E-state index contributed by atoms with van der Waals surface area (Å²) in [6, 6.07) is 0. The summed E-state index contributed by atoms with van der Waals surface area (Å²) in [7, 11) is 0. The van der Waals surface area contributed by atoms with Gasteiger partial charge in [0, 0.05) is 0 Å². The third-order valence-corrected chi connectivity index (χ3v) is 0.468. The van der Waals surface area contributed by atoms with E-state index in [1.54, 1.807) is 6.92 Å². The Bertz CT molecular complexity index is 74.1. The molecule has 0 saturated carbocycles. The summed E-state index contributed by atoms with van der Waals surface area (Å²) >= 11 is 0. The van der Waals surface area contributed by atoms with E-state index in [-0.39, 0.29) is 0 Å². The maximum absolute atomic E-state index is 9.51. The molecule has 2 nitrogen and oxygen atoms in total. The first kappa shape index (κ1) is 6.37. The smallest absolute Gasteiger partial charge is 0.142 e. The number of hydrogen-bond donors (Lipinski definition) is 1. The maximum atomic E-state index is 9.51. The number of aliphatic hydroxyl groups excluding tert-OH is 1. The van der Waals surface area contributed by atoms with Gasteiger partial charge in [-0.1, -0.05) is 6.08 Å². The molecule has 0 aliphatic rings. The van der Waals surface area contributed by atoms with Crippen LogP contribution in [0.4, 0.5) is 0 Å².